The highest BCUT2D eigenvalue weighted by Crippen LogP contribution is 2.27. The molecule has 0 fully saturated rings. The van der Waals surface area contributed by atoms with Crippen LogP contribution in [-0.2, 0) is 9.47 Å². The second-order valence-electron chi connectivity index (χ2n) is 4.38. The van der Waals surface area contributed by atoms with Crippen LogP contribution in [0.25, 0.3) is 0 Å². The third-order valence-electron chi connectivity index (χ3n) is 3.00. The third-order valence-corrected chi connectivity index (χ3v) is 3.52. The molecular weight excluding hydrogens is 308 g/mol. The van der Waals surface area contributed by atoms with Crippen LogP contribution in [0.2, 0.25) is 5.02 Å². The fourth-order valence-corrected chi connectivity index (χ4v) is 2.55. The van der Waals surface area contributed by atoms with Crippen LogP contribution >= 0.6 is 23.8 Å². The maximum atomic E-state index is 6.23. The Balaban J connectivity index is 2.95. The van der Waals surface area contributed by atoms with Crippen molar-refractivity contribution in [3.8, 4) is 0 Å². The van der Waals surface area contributed by atoms with Crippen molar-refractivity contribution in [2.75, 3.05) is 44.4 Å². The molecule has 0 spiro atoms. The largest absolute Gasteiger partial charge is 0.389 e. The number of anilines is 1. The molecule has 0 aliphatic rings. The van der Waals surface area contributed by atoms with Crippen LogP contribution in [0, 0.1) is 0 Å². The van der Waals surface area contributed by atoms with Gasteiger partial charge in [-0.05, 0) is 26.0 Å². The van der Waals surface area contributed by atoms with Gasteiger partial charge in [0.25, 0.3) is 0 Å². The first-order chi connectivity index (χ1) is 10.1. The Hall–Kier alpha value is -0.880. The van der Waals surface area contributed by atoms with Crippen LogP contribution < -0.4 is 10.6 Å². The summed E-state index contributed by atoms with van der Waals surface area (Å²) in [7, 11) is 0. The van der Waals surface area contributed by atoms with Gasteiger partial charge in [0, 0.05) is 32.0 Å². The number of nitrogens with two attached hydrogens (primary N) is 1. The van der Waals surface area contributed by atoms with E-state index < -0.39 is 0 Å². The maximum Gasteiger partial charge on any atom is 0.107 e. The highest BCUT2D eigenvalue weighted by Gasteiger charge is 2.15. The normalized spacial score (nSPS) is 10.6. The summed E-state index contributed by atoms with van der Waals surface area (Å²) >= 11 is 11.4. The van der Waals surface area contributed by atoms with E-state index in [0.29, 0.717) is 42.0 Å². The van der Waals surface area contributed by atoms with E-state index in [-0.39, 0.29) is 0 Å². The first-order valence-corrected chi connectivity index (χ1v) is 7.89. The Morgan fingerprint density at radius 2 is 1.76 bits per heavy atom. The summed E-state index contributed by atoms with van der Waals surface area (Å²) in [4.78, 5) is 2.44. The van der Waals surface area contributed by atoms with E-state index in [2.05, 4.69) is 4.90 Å². The van der Waals surface area contributed by atoms with Gasteiger partial charge in [-0.25, -0.2) is 0 Å². The summed E-state index contributed by atoms with van der Waals surface area (Å²) in [5.74, 6) is 0. The lowest BCUT2D eigenvalue weighted by atomic mass is 10.1. The number of nitrogens with zero attached hydrogens (tertiary/aromatic N) is 1. The molecule has 1 rings (SSSR count). The summed E-state index contributed by atoms with van der Waals surface area (Å²) < 4.78 is 10.9. The molecule has 0 radical (unpaired) electrons. The van der Waals surface area contributed by atoms with Gasteiger partial charge in [-0.15, -0.1) is 0 Å². The number of halogens is 1. The second kappa shape index (κ2) is 9.95. The summed E-state index contributed by atoms with van der Waals surface area (Å²) in [6.45, 7) is 8.06. The molecule has 0 atom stereocenters. The minimum absolute atomic E-state index is 0.299. The Bertz CT molecular complexity index is 447. The van der Waals surface area contributed by atoms with Crippen LogP contribution in [-0.4, -0.2) is 44.5 Å². The zero-order valence-corrected chi connectivity index (χ0v) is 14.2. The first-order valence-electron chi connectivity index (χ1n) is 7.10. The third kappa shape index (κ3) is 5.79. The lowest BCUT2D eigenvalue weighted by Gasteiger charge is -2.27. The number of ether oxygens (including phenoxy) is 2. The molecule has 21 heavy (non-hydrogen) atoms. The maximum absolute atomic E-state index is 6.23. The molecular formula is C15H23ClN2O2S. The molecule has 0 unspecified atom stereocenters. The van der Waals surface area contributed by atoms with E-state index in [1.54, 1.807) is 6.07 Å². The van der Waals surface area contributed by atoms with Gasteiger partial charge in [0.15, 0.2) is 0 Å². The van der Waals surface area contributed by atoms with E-state index >= 15 is 0 Å². The van der Waals surface area contributed by atoms with Gasteiger partial charge in [0.05, 0.1) is 23.8 Å². The van der Waals surface area contributed by atoms with Crippen LogP contribution in [0.1, 0.15) is 19.4 Å². The van der Waals surface area contributed by atoms with Crippen LogP contribution in [0.3, 0.4) is 0 Å². The quantitative estimate of drug-likeness (QED) is 0.528. The van der Waals surface area contributed by atoms with E-state index in [1.165, 1.54) is 0 Å². The molecule has 118 valence electrons. The molecule has 0 heterocycles. The molecule has 0 aromatic heterocycles. The molecule has 0 aliphatic carbocycles. The van der Waals surface area contributed by atoms with Gasteiger partial charge < -0.3 is 20.1 Å². The topological polar surface area (TPSA) is 47.7 Å². The van der Waals surface area contributed by atoms with Crippen molar-refractivity contribution in [1.82, 2.24) is 0 Å². The van der Waals surface area contributed by atoms with Gasteiger partial charge in [0.2, 0.25) is 0 Å². The van der Waals surface area contributed by atoms with Gasteiger partial charge in [-0.2, -0.15) is 0 Å². The van der Waals surface area contributed by atoms with E-state index in [9.17, 15) is 0 Å². The van der Waals surface area contributed by atoms with Crippen molar-refractivity contribution in [1.29, 1.82) is 0 Å². The molecule has 1 aromatic carbocycles. The number of hydrogen-bond donors (Lipinski definition) is 1. The van der Waals surface area contributed by atoms with Crippen LogP contribution in [0.5, 0.6) is 0 Å². The second-order valence-corrected chi connectivity index (χ2v) is 5.23. The van der Waals surface area contributed by atoms with Crippen molar-refractivity contribution in [3.05, 3.63) is 28.8 Å². The molecule has 0 saturated heterocycles. The van der Waals surface area contributed by atoms with Gasteiger partial charge in [-0.3, -0.25) is 0 Å². The molecule has 0 amide bonds. The number of thiocarbonyl (C=S) groups is 1. The van der Waals surface area contributed by atoms with Gasteiger partial charge >= 0.3 is 0 Å². The molecule has 0 bridgehead atoms. The SMILES string of the molecule is CCOCCN(CCOCC)c1cccc(Cl)c1C(N)=S. The van der Waals surface area contributed by atoms with Crippen molar-refractivity contribution in [3.63, 3.8) is 0 Å². The standard InChI is InChI=1S/C15H23ClN2O2S/c1-3-19-10-8-18(9-11-20-4-2)13-7-5-6-12(16)14(13)15(17)21/h5-7H,3-4,8-11H2,1-2H3,(H2,17,21). The highest BCUT2D eigenvalue weighted by molar-refractivity contribution is 7.80. The van der Waals surface area contributed by atoms with Crippen molar-refractivity contribution < 1.29 is 9.47 Å². The van der Waals surface area contributed by atoms with E-state index in [1.807, 2.05) is 26.0 Å². The zero-order valence-electron chi connectivity index (χ0n) is 12.6. The summed E-state index contributed by atoms with van der Waals surface area (Å²) in [6.07, 6.45) is 0. The Kier molecular flexibility index (Phi) is 8.61. The average Bonchev–Trinajstić information content (AvgIpc) is 2.45. The Labute approximate surface area is 137 Å². The smallest absolute Gasteiger partial charge is 0.107 e. The molecule has 0 saturated carbocycles. The number of hydrogen-bond acceptors (Lipinski definition) is 4. The molecule has 6 heteroatoms. The molecule has 0 aliphatic heterocycles. The molecule has 1 aromatic rings. The Morgan fingerprint density at radius 1 is 1.19 bits per heavy atom. The van der Waals surface area contributed by atoms with Crippen molar-refractivity contribution >= 4 is 34.5 Å². The summed E-state index contributed by atoms with van der Waals surface area (Å²) in [5, 5.41) is 0.567. The predicted octanol–water partition coefficient (Wildman–Crippen LogP) is 2.85. The van der Waals surface area contributed by atoms with Crippen LogP contribution in [0.4, 0.5) is 5.69 Å². The van der Waals surface area contributed by atoms with E-state index in [4.69, 9.17) is 39.0 Å². The first kappa shape index (κ1) is 18.2. The predicted molar refractivity (Wildman–Crippen MR) is 92.5 cm³/mol. The lowest BCUT2D eigenvalue weighted by molar-refractivity contribution is 0.141. The Morgan fingerprint density at radius 3 is 2.24 bits per heavy atom. The van der Waals surface area contributed by atoms with Gasteiger partial charge in [0.1, 0.15) is 4.99 Å². The summed E-state index contributed by atoms with van der Waals surface area (Å²) in [6, 6.07) is 5.66. The molecule has 2 N–H and O–H groups in total. The highest BCUT2D eigenvalue weighted by atomic mass is 35.5. The lowest BCUT2D eigenvalue weighted by Crippen LogP contribution is -2.33. The number of rotatable bonds is 10. The summed E-state index contributed by atoms with van der Waals surface area (Å²) in [5.41, 5.74) is 7.46. The van der Waals surface area contributed by atoms with E-state index in [0.717, 1.165) is 18.8 Å². The minimum Gasteiger partial charge on any atom is -0.389 e. The molecule has 4 nitrogen and oxygen atoms in total. The minimum atomic E-state index is 0.299. The average molecular weight is 331 g/mol. The zero-order chi connectivity index (χ0) is 15.7. The van der Waals surface area contributed by atoms with Crippen LogP contribution in [0.15, 0.2) is 18.2 Å². The fourth-order valence-electron chi connectivity index (χ4n) is 2.01. The van der Waals surface area contributed by atoms with Crippen molar-refractivity contribution in [2.24, 2.45) is 5.73 Å². The fraction of sp³-hybridized carbons (Fsp3) is 0.533. The van der Waals surface area contributed by atoms with Crippen molar-refractivity contribution in [2.45, 2.75) is 13.8 Å². The van der Waals surface area contributed by atoms with Gasteiger partial charge in [-0.1, -0.05) is 29.9 Å². The number of benzene rings is 1. The monoisotopic (exact) mass is 330 g/mol.